The third-order valence-electron chi connectivity index (χ3n) is 9.83. The van der Waals surface area contributed by atoms with Gasteiger partial charge in [-0.05, 0) is 106 Å². The number of hydrogen-bond acceptors (Lipinski definition) is 7. The number of nitrogens with one attached hydrogen (secondary N) is 2. The number of rotatable bonds is 6. The molecule has 11 nitrogen and oxygen atoms in total. The van der Waals surface area contributed by atoms with Gasteiger partial charge in [0.1, 0.15) is 0 Å². The molecule has 1 atom stereocenters. The Bertz CT molecular complexity index is 1410. The van der Waals surface area contributed by atoms with Gasteiger partial charge in [-0.25, -0.2) is 9.59 Å². The van der Waals surface area contributed by atoms with Crippen LogP contribution in [0, 0.1) is 0 Å². The molecule has 0 radical (unpaired) electrons. The molecule has 46 heavy (non-hydrogen) atoms. The minimum atomic E-state index is -0.965. The van der Waals surface area contributed by atoms with Crippen molar-refractivity contribution >= 4 is 61.3 Å². The fraction of sp³-hybridized carbons (Fsp3) is 0.545. The normalized spacial score (nSPS) is 20.9. The second kappa shape index (κ2) is 14.9. The average molecular weight is 764 g/mol. The molecule has 2 aromatic rings. The van der Waals surface area contributed by atoms with E-state index in [-0.39, 0.29) is 25.8 Å². The molecule has 0 aromatic heterocycles. The van der Waals surface area contributed by atoms with E-state index in [0.717, 1.165) is 62.3 Å². The quantitative estimate of drug-likeness (QED) is 0.370. The van der Waals surface area contributed by atoms with Crippen molar-refractivity contribution in [1.82, 2.24) is 24.9 Å². The Hall–Kier alpha value is -2.87. The van der Waals surface area contributed by atoms with Crippen LogP contribution in [0.4, 0.5) is 21.0 Å². The lowest BCUT2D eigenvalue weighted by Gasteiger charge is -2.41. The van der Waals surface area contributed by atoms with Crippen LogP contribution >= 0.6 is 31.9 Å². The van der Waals surface area contributed by atoms with Crippen LogP contribution in [-0.4, -0.2) is 115 Å². The molecule has 4 amide bonds. The number of halogens is 2. The second-order valence-corrected chi connectivity index (χ2v) is 14.3. The molecule has 250 valence electrons. The number of nitrogens with zero attached hydrogens (tertiary/aromatic N) is 4. The second-order valence-electron chi connectivity index (χ2n) is 12.6. The Balaban J connectivity index is 0.00000433. The van der Waals surface area contributed by atoms with Gasteiger partial charge in [-0.2, -0.15) is 0 Å². The molecule has 4 aliphatic rings. The zero-order valence-electron chi connectivity index (χ0n) is 26.1. The molecule has 0 unspecified atom stereocenters. The van der Waals surface area contributed by atoms with E-state index in [1.165, 1.54) is 0 Å². The van der Waals surface area contributed by atoms with Crippen molar-refractivity contribution in [3.05, 3.63) is 56.5 Å². The highest BCUT2D eigenvalue weighted by Crippen LogP contribution is 2.31. The first-order chi connectivity index (χ1) is 22.3. The van der Waals surface area contributed by atoms with E-state index >= 15 is 0 Å². The number of benzene rings is 2. The van der Waals surface area contributed by atoms with Crippen molar-refractivity contribution in [2.24, 2.45) is 0 Å². The first-order valence-electron chi connectivity index (χ1n) is 16.3. The highest BCUT2D eigenvalue weighted by atomic mass is 79.9. The molecule has 4 N–H and O–H groups in total. The van der Waals surface area contributed by atoms with E-state index in [2.05, 4.69) is 47.4 Å². The molecule has 0 spiro atoms. The van der Waals surface area contributed by atoms with E-state index in [1.807, 2.05) is 46.2 Å². The van der Waals surface area contributed by atoms with Gasteiger partial charge in [0, 0.05) is 80.4 Å². The molecular formula is C33H45Br2N7O4. The monoisotopic (exact) mass is 761 g/mol. The molecule has 3 fully saturated rings. The summed E-state index contributed by atoms with van der Waals surface area (Å²) in [4.78, 5) is 48.5. The van der Waals surface area contributed by atoms with Gasteiger partial charge in [0.05, 0.1) is 5.69 Å². The number of carbonyl (C=O) groups is 3. The van der Waals surface area contributed by atoms with E-state index in [4.69, 9.17) is 10.5 Å². The maximum atomic E-state index is 14.0. The standard InChI is InChI=1S/C33H43Br2N7O4.H2/c34-26-19-22(20-27(35)30(26)36)21-29(31(43)40-17-15-39(16-18-40)24-5-10-37-11-6-24)46-33(45)41-12-8-25(9-13-41)42-14-7-23-3-1-2-4-28(23)38-32(42)44;/h1-4,19-20,24-25,29,37H,5-18,21,36H2,(H,38,44);1H/t29-;/m1./s1. The highest BCUT2D eigenvalue weighted by molar-refractivity contribution is 9.11. The topological polar surface area (TPSA) is 123 Å². The number of ether oxygens (including phenoxy) is 1. The number of carbonyl (C=O) groups excluding carboxylic acids is 3. The summed E-state index contributed by atoms with van der Waals surface area (Å²) in [5.41, 5.74) is 9.51. The summed E-state index contributed by atoms with van der Waals surface area (Å²) in [6.45, 7) is 6.46. The summed E-state index contributed by atoms with van der Waals surface area (Å²) in [7, 11) is 0. The summed E-state index contributed by atoms with van der Waals surface area (Å²) in [6, 6.07) is 12.1. The minimum Gasteiger partial charge on any atom is -0.436 e. The Morgan fingerprint density at radius 3 is 2.28 bits per heavy atom. The van der Waals surface area contributed by atoms with Crippen LogP contribution in [0.2, 0.25) is 0 Å². The van der Waals surface area contributed by atoms with Crippen LogP contribution in [0.1, 0.15) is 38.2 Å². The smallest absolute Gasteiger partial charge is 0.410 e. The number of para-hydroxylation sites is 1. The predicted molar refractivity (Wildman–Crippen MR) is 187 cm³/mol. The minimum absolute atomic E-state index is 0. The van der Waals surface area contributed by atoms with Gasteiger partial charge in [0.2, 0.25) is 0 Å². The van der Waals surface area contributed by atoms with E-state index in [1.54, 1.807) is 4.90 Å². The molecule has 0 aliphatic carbocycles. The van der Waals surface area contributed by atoms with Crippen LogP contribution in [0.15, 0.2) is 45.3 Å². The van der Waals surface area contributed by atoms with Crippen LogP contribution in [0.5, 0.6) is 0 Å². The number of fused-ring (bicyclic) bond motifs is 1. The van der Waals surface area contributed by atoms with Gasteiger partial charge in [0.15, 0.2) is 6.10 Å². The molecule has 3 saturated heterocycles. The number of nitrogens with two attached hydrogens (primary N) is 1. The molecule has 6 rings (SSSR count). The van der Waals surface area contributed by atoms with Gasteiger partial charge in [-0.15, -0.1) is 0 Å². The Kier molecular flexibility index (Phi) is 10.7. The third kappa shape index (κ3) is 7.64. The number of anilines is 2. The Morgan fingerprint density at radius 1 is 0.913 bits per heavy atom. The largest absolute Gasteiger partial charge is 0.436 e. The maximum absolute atomic E-state index is 14.0. The summed E-state index contributed by atoms with van der Waals surface area (Å²) in [6.07, 6.45) is 3.11. The van der Waals surface area contributed by atoms with Gasteiger partial charge < -0.3 is 35.8 Å². The SMILES string of the molecule is Nc1c(Br)cc(C[C@@H](OC(=O)N2CCC(N3CCc4ccccc4NC3=O)CC2)C(=O)N2CCN(C3CCNCC3)CC2)cc1Br.[HH]. The lowest BCUT2D eigenvalue weighted by molar-refractivity contribution is -0.143. The van der Waals surface area contributed by atoms with Gasteiger partial charge in [-0.3, -0.25) is 9.69 Å². The Morgan fingerprint density at radius 2 is 1.59 bits per heavy atom. The first kappa shape index (κ1) is 33.0. The number of amides is 4. The van der Waals surface area contributed by atoms with E-state index < -0.39 is 12.2 Å². The lowest BCUT2D eigenvalue weighted by atomic mass is 10.0. The number of piperidine rings is 2. The molecular weight excluding hydrogens is 718 g/mol. The van der Waals surface area contributed by atoms with Crippen molar-refractivity contribution in [2.75, 3.05) is 70.0 Å². The molecule has 4 aliphatic heterocycles. The van der Waals surface area contributed by atoms with Crippen molar-refractivity contribution in [1.29, 1.82) is 0 Å². The number of nitrogen functional groups attached to an aromatic ring is 1. The first-order valence-corrected chi connectivity index (χ1v) is 17.9. The molecule has 0 saturated carbocycles. The fourth-order valence-electron chi connectivity index (χ4n) is 7.13. The summed E-state index contributed by atoms with van der Waals surface area (Å²) in [5, 5.41) is 6.47. The van der Waals surface area contributed by atoms with Gasteiger partial charge >= 0.3 is 12.1 Å². The van der Waals surface area contributed by atoms with E-state index in [9.17, 15) is 14.4 Å². The predicted octanol–water partition coefficient (Wildman–Crippen LogP) is 4.54. The lowest BCUT2D eigenvalue weighted by Crippen LogP contribution is -2.56. The van der Waals surface area contributed by atoms with E-state index in [0.29, 0.717) is 66.2 Å². The van der Waals surface area contributed by atoms with Crippen LogP contribution in [0.3, 0.4) is 0 Å². The van der Waals surface area contributed by atoms with Crippen molar-refractivity contribution in [2.45, 2.75) is 56.7 Å². The van der Waals surface area contributed by atoms with Gasteiger partial charge in [0.25, 0.3) is 5.91 Å². The number of piperazine rings is 1. The van der Waals surface area contributed by atoms with Crippen LogP contribution in [-0.2, 0) is 22.4 Å². The third-order valence-corrected chi connectivity index (χ3v) is 11.1. The summed E-state index contributed by atoms with van der Waals surface area (Å²) < 4.78 is 7.48. The highest BCUT2D eigenvalue weighted by Gasteiger charge is 2.36. The Labute approximate surface area is 288 Å². The van der Waals surface area contributed by atoms with Crippen molar-refractivity contribution in [3.63, 3.8) is 0 Å². The van der Waals surface area contributed by atoms with Crippen molar-refractivity contribution in [3.8, 4) is 0 Å². The maximum Gasteiger partial charge on any atom is 0.410 e. The summed E-state index contributed by atoms with van der Waals surface area (Å²) in [5.74, 6) is -0.168. The number of urea groups is 1. The number of likely N-dealkylation sites (tertiary alicyclic amines) is 1. The van der Waals surface area contributed by atoms with Crippen LogP contribution < -0.4 is 16.4 Å². The van der Waals surface area contributed by atoms with Crippen LogP contribution in [0.25, 0.3) is 0 Å². The van der Waals surface area contributed by atoms with Gasteiger partial charge in [-0.1, -0.05) is 18.2 Å². The summed E-state index contributed by atoms with van der Waals surface area (Å²) >= 11 is 7.01. The zero-order chi connectivity index (χ0) is 32.2. The number of hydrogen-bond donors (Lipinski definition) is 3. The average Bonchev–Trinajstić information content (AvgIpc) is 3.25. The van der Waals surface area contributed by atoms with Crippen molar-refractivity contribution < 1.29 is 20.5 Å². The fourth-order valence-corrected chi connectivity index (χ4v) is 8.41. The molecule has 0 bridgehead atoms. The molecule has 4 heterocycles. The molecule has 2 aromatic carbocycles. The molecule has 13 heteroatoms. The zero-order valence-corrected chi connectivity index (χ0v) is 29.2.